The van der Waals surface area contributed by atoms with Gasteiger partial charge in [-0.2, -0.15) is 0 Å². The van der Waals surface area contributed by atoms with Crippen molar-refractivity contribution in [3.8, 4) is 5.75 Å². The Hall–Kier alpha value is -2.15. The molecule has 0 unspecified atom stereocenters. The quantitative estimate of drug-likeness (QED) is 0.866. The molecule has 120 valence electrons. The van der Waals surface area contributed by atoms with E-state index in [1.54, 1.807) is 0 Å². The molecule has 1 fully saturated rings. The summed E-state index contributed by atoms with van der Waals surface area (Å²) >= 11 is 0. The van der Waals surface area contributed by atoms with E-state index in [4.69, 9.17) is 15.2 Å². The molecule has 1 aliphatic heterocycles. The van der Waals surface area contributed by atoms with E-state index in [2.05, 4.69) is 0 Å². The lowest BCUT2D eigenvalue weighted by Crippen LogP contribution is -2.32. The van der Waals surface area contributed by atoms with Crippen LogP contribution in [0.1, 0.15) is 10.4 Å². The van der Waals surface area contributed by atoms with Crippen LogP contribution < -0.4 is 10.5 Å². The maximum atomic E-state index is 13.7. The van der Waals surface area contributed by atoms with Gasteiger partial charge in [0.25, 0.3) is 5.91 Å². The third-order valence-corrected chi connectivity index (χ3v) is 3.87. The molecule has 1 aliphatic rings. The number of nitrogens with zero attached hydrogens (tertiary/aromatic N) is 1. The van der Waals surface area contributed by atoms with Crippen LogP contribution in [0.2, 0.25) is 0 Å². The van der Waals surface area contributed by atoms with Crippen LogP contribution in [0.3, 0.4) is 0 Å². The molecule has 0 saturated carbocycles. The molecule has 6 nitrogen and oxygen atoms in total. The number of carbonyl (C=O) groups excluding carboxylic acids is 2. The Bertz CT molecular complexity index is 579. The van der Waals surface area contributed by atoms with Crippen molar-refractivity contribution in [2.75, 3.05) is 33.9 Å². The van der Waals surface area contributed by atoms with E-state index in [0.29, 0.717) is 13.2 Å². The van der Waals surface area contributed by atoms with Crippen LogP contribution in [0.15, 0.2) is 18.2 Å². The maximum absolute atomic E-state index is 13.7. The minimum Gasteiger partial charge on any atom is -0.494 e. The van der Waals surface area contributed by atoms with E-state index in [-0.39, 0.29) is 29.7 Å². The number of nitrogens with two attached hydrogens (primary N) is 1. The summed E-state index contributed by atoms with van der Waals surface area (Å²) in [6, 6.07) is 4.02. The first kappa shape index (κ1) is 16.2. The molecule has 0 spiro atoms. The van der Waals surface area contributed by atoms with Gasteiger partial charge in [0, 0.05) is 31.7 Å². The molecule has 1 aromatic carbocycles. The number of amides is 2. The normalized spacial score (nSPS) is 21.0. The van der Waals surface area contributed by atoms with Crippen LogP contribution >= 0.6 is 0 Å². The minimum atomic E-state index is -0.604. The highest BCUT2D eigenvalue weighted by atomic mass is 19.1. The predicted molar refractivity (Wildman–Crippen MR) is 76.9 cm³/mol. The van der Waals surface area contributed by atoms with Crippen LogP contribution in [-0.2, 0) is 9.53 Å². The van der Waals surface area contributed by atoms with Crippen molar-refractivity contribution < 1.29 is 23.5 Å². The average molecular weight is 310 g/mol. The summed E-state index contributed by atoms with van der Waals surface area (Å²) < 4.78 is 23.6. The van der Waals surface area contributed by atoms with Crippen LogP contribution in [0.5, 0.6) is 5.75 Å². The molecule has 2 rings (SSSR count). The fourth-order valence-electron chi connectivity index (χ4n) is 2.72. The van der Waals surface area contributed by atoms with Gasteiger partial charge in [-0.15, -0.1) is 0 Å². The second kappa shape index (κ2) is 6.74. The zero-order chi connectivity index (χ0) is 16.3. The molecule has 0 bridgehead atoms. The van der Waals surface area contributed by atoms with E-state index in [1.807, 2.05) is 0 Å². The summed E-state index contributed by atoms with van der Waals surface area (Å²) in [5.41, 5.74) is 5.58. The maximum Gasteiger partial charge on any atom is 0.253 e. The molecular formula is C15H19FN2O4. The van der Waals surface area contributed by atoms with Crippen molar-refractivity contribution in [3.63, 3.8) is 0 Å². The van der Waals surface area contributed by atoms with Crippen LogP contribution in [-0.4, -0.2) is 50.6 Å². The van der Waals surface area contributed by atoms with E-state index < -0.39 is 17.6 Å². The number of ether oxygens (including phenoxy) is 2. The third-order valence-electron chi connectivity index (χ3n) is 3.87. The van der Waals surface area contributed by atoms with E-state index in [1.165, 1.54) is 31.3 Å². The summed E-state index contributed by atoms with van der Waals surface area (Å²) in [5, 5.41) is 0. The highest BCUT2D eigenvalue weighted by Crippen LogP contribution is 2.26. The van der Waals surface area contributed by atoms with Gasteiger partial charge in [-0.1, -0.05) is 0 Å². The van der Waals surface area contributed by atoms with Crippen molar-refractivity contribution in [2.45, 2.75) is 0 Å². The molecule has 22 heavy (non-hydrogen) atoms. The Labute approximate surface area is 128 Å². The van der Waals surface area contributed by atoms with Gasteiger partial charge in [0.1, 0.15) is 0 Å². The van der Waals surface area contributed by atoms with E-state index in [9.17, 15) is 14.0 Å². The summed E-state index contributed by atoms with van der Waals surface area (Å²) in [6.45, 7) is 0.915. The van der Waals surface area contributed by atoms with Gasteiger partial charge in [-0.25, -0.2) is 4.39 Å². The molecule has 7 heteroatoms. The van der Waals surface area contributed by atoms with Crippen molar-refractivity contribution in [1.29, 1.82) is 0 Å². The van der Waals surface area contributed by atoms with Gasteiger partial charge in [-0.05, 0) is 18.2 Å². The minimum absolute atomic E-state index is 0.0743. The summed E-state index contributed by atoms with van der Waals surface area (Å²) in [6.07, 6.45) is 0. The molecule has 1 heterocycles. The average Bonchev–Trinajstić information content (AvgIpc) is 2.91. The van der Waals surface area contributed by atoms with Crippen LogP contribution in [0, 0.1) is 17.7 Å². The number of benzene rings is 1. The molecule has 0 aromatic heterocycles. The molecule has 2 atom stereocenters. The Morgan fingerprint density at radius 1 is 1.36 bits per heavy atom. The van der Waals surface area contributed by atoms with Crippen molar-refractivity contribution in [3.05, 3.63) is 29.6 Å². The predicted octanol–water partition coefficient (Wildman–Crippen LogP) is 0.654. The molecule has 0 aliphatic carbocycles. The smallest absolute Gasteiger partial charge is 0.253 e. The lowest BCUT2D eigenvalue weighted by atomic mass is 9.96. The number of primary amides is 1. The largest absolute Gasteiger partial charge is 0.494 e. The Morgan fingerprint density at radius 2 is 2.09 bits per heavy atom. The SMILES string of the molecule is COC[C@@H]1CN(C(=O)c2ccc(OC)c(F)c2)C[C@H]1C(N)=O. The Morgan fingerprint density at radius 3 is 2.64 bits per heavy atom. The van der Waals surface area contributed by atoms with E-state index in [0.717, 1.165) is 6.07 Å². The molecule has 2 N–H and O–H groups in total. The van der Waals surface area contributed by atoms with Crippen LogP contribution in [0.25, 0.3) is 0 Å². The van der Waals surface area contributed by atoms with Gasteiger partial charge in [0.05, 0.1) is 19.6 Å². The first-order chi connectivity index (χ1) is 10.5. The van der Waals surface area contributed by atoms with Crippen molar-refractivity contribution >= 4 is 11.8 Å². The molecule has 1 aromatic rings. The lowest BCUT2D eigenvalue weighted by Gasteiger charge is -2.16. The lowest BCUT2D eigenvalue weighted by molar-refractivity contribution is -0.122. The van der Waals surface area contributed by atoms with Gasteiger partial charge in [0.2, 0.25) is 5.91 Å². The van der Waals surface area contributed by atoms with E-state index >= 15 is 0 Å². The number of hydrogen-bond donors (Lipinski definition) is 1. The van der Waals surface area contributed by atoms with Crippen molar-refractivity contribution in [2.24, 2.45) is 17.6 Å². The van der Waals surface area contributed by atoms with Gasteiger partial charge in [0.15, 0.2) is 11.6 Å². The van der Waals surface area contributed by atoms with Gasteiger partial charge in [-0.3, -0.25) is 9.59 Å². The monoisotopic (exact) mass is 310 g/mol. The topological polar surface area (TPSA) is 81.9 Å². The number of halogens is 1. The molecule has 2 amide bonds. The second-order valence-corrected chi connectivity index (χ2v) is 5.28. The van der Waals surface area contributed by atoms with Gasteiger partial charge < -0.3 is 20.1 Å². The molecule has 0 radical (unpaired) electrons. The standard InChI is InChI=1S/C15H19FN2O4/c1-21-8-10-6-18(7-11(10)14(17)19)15(20)9-3-4-13(22-2)12(16)5-9/h3-5,10-11H,6-8H2,1-2H3,(H2,17,19)/t10-,11+/m0/s1. The number of hydrogen-bond acceptors (Lipinski definition) is 4. The number of rotatable bonds is 5. The summed E-state index contributed by atoms with van der Waals surface area (Å²) in [7, 11) is 2.88. The number of methoxy groups -OCH3 is 2. The highest BCUT2D eigenvalue weighted by molar-refractivity contribution is 5.95. The first-order valence-electron chi connectivity index (χ1n) is 6.89. The highest BCUT2D eigenvalue weighted by Gasteiger charge is 2.38. The Balaban J connectivity index is 2.16. The number of carbonyl (C=O) groups is 2. The third kappa shape index (κ3) is 3.19. The Kier molecular flexibility index (Phi) is 4.97. The summed E-state index contributed by atoms with van der Waals surface area (Å²) in [4.78, 5) is 25.4. The second-order valence-electron chi connectivity index (χ2n) is 5.28. The zero-order valence-electron chi connectivity index (χ0n) is 12.5. The first-order valence-corrected chi connectivity index (χ1v) is 6.89. The zero-order valence-corrected chi connectivity index (χ0v) is 12.5. The fourth-order valence-corrected chi connectivity index (χ4v) is 2.72. The molecular weight excluding hydrogens is 291 g/mol. The summed E-state index contributed by atoms with van der Waals surface area (Å²) in [5.74, 6) is -1.93. The van der Waals surface area contributed by atoms with Crippen LogP contribution in [0.4, 0.5) is 4.39 Å². The molecule has 1 saturated heterocycles. The van der Waals surface area contributed by atoms with Crippen molar-refractivity contribution in [1.82, 2.24) is 4.90 Å². The van der Waals surface area contributed by atoms with Gasteiger partial charge >= 0.3 is 0 Å². The fraction of sp³-hybridized carbons (Fsp3) is 0.467. The number of likely N-dealkylation sites (tertiary alicyclic amines) is 1.